The molecule has 2 heterocycles. The van der Waals surface area contributed by atoms with Crippen molar-refractivity contribution in [1.82, 2.24) is 15.2 Å². The molecule has 1 saturated carbocycles. The Balaban J connectivity index is 1.63. The van der Waals surface area contributed by atoms with Crippen LogP contribution in [0.25, 0.3) is 0 Å². The molecule has 31 heavy (non-hydrogen) atoms. The van der Waals surface area contributed by atoms with Crippen molar-refractivity contribution in [2.75, 3.05) is 6.54 Å². The standard InChI is InChI=1S/C22H31N5O4/c1-14(28)31-19(16-6-3-2-4-7-16)22(30)27-11-5-8-18(27)21(29)26-13-15-9-10-17(20(23)24)25-12-15/h9-10,12,16,18-19H,2-8,11,13H2,1H3,(H3,23,24)(H,26,29)/t18-,19?/m1/s1. The van der Waals surface area contributed by atoms with E-state index in [1.807, 2.05) is 0 Å². The second kappa shape index (κ2) is 10.4. The van der Waals surface area contributed by atoms with Gasteiger partial charge in [0, 0.05) is 32.1 Å². The number of aromatic nitrogens is 1. The smallest absolute Gasteiger partial charge is 0.303 e. The van der Waals surface area contributed by atoms with Gasteiger partial charge in [-0.2, -0.15) is 0 Å². The highest BCUT2D eigenvalue weighted by Gasteiger charge is 2.41. The summed E-state index contributed by atoms with van der Waals surface area (Å²) in [5.41, 5.74) is 6.55. The van der Waals surface area contributed by atoms with Crippen LogP contribution in [-0.4, -0.2) is 52.2 Å². The number of carbonyl (C=O) groups excluding carboxylic acids is 3. The lowest BCUT2D eigenvalue weighted by Crippen LogP contribution is -2.51. The molecule has 2 atom stereocenters. The van der Waals surface area contributed by atoms with E-state index in [4.69, 9.17) is 15.9 Å². The molecule has 168 valence electrons. The fourth-order valence-electron chi connectivity index (χ4n) is 4.43. The number of nitrogen functional groups attached to an aromatic ring is 1. The fourth-order valence-corrected chi connectivity index (χ4v) is 4.43. The van der Waals surface area contributed by atoms with E-state index < -0.39 is 18.1 Å². The first-order chi connectivity index (χ1) is 14.9. The lowest BCUT2D eigenvalue weighted by atomic mass is 9.84. The fraction of sp³-hybridized carbons (Fsp3) is 0.591. The molecule has 1 aromatic rings. The minimum Gasteiger partial charge on any atom is -0.452 e. The molecule has 0 aromatic carbocycles. The Morgan fingerprint density at radius 1 is 1.23 bits per heavy atom. The number of amides is 2. The van der Waals surface area contributed by atoms with Gasteiger partial charge in [-0.05, 0) is 37.3 Å². The molecule has 0 radical (unpaired) electrons. The van der Waals surface area contributed by atoms with Crippen LogP contribution in [0.2, 0.25) is 0 Å². The number of hydrogen-bond donors (Lipinski definition) is 3. The summed E-state index contributed by atoms with van der Waals surface area (Å²) in [6.07, 6.45) is 6.96. The van der Waals surface area contributed by atoms with Gasteiger partial charge >= 0.3 is 5.97 Å². The quantitative estimate of drug-likeness (QED) is 0.341. The molecule has 1 aliphatic heterocycles. The summed E-state index contributed by atoms with van der Waals surface area (Å²) in [6.45, 7) is 2.07. The van der Waals surface area contributed by atoms with E-state index in [0.717, 1.165) is 44.1 Å². The molecule has 0 spiro atoms. The number of nitrogens with one attached hydrogen (secondary N) is 2. The summed E-state index contributed by atoms with van der Waals surface area (Å²) in [5, 5.41) is 10.2. The number of rotatable bonds is 7. The van der Waals surface area contributed by atoms with Gasteiger partial charge in [-0.1, -0.05) is 25.3 Å². The van der Waals surface area contributed by atoms with Gasteiger partial charge < -0.3 is 20.7 Å². The largest absolute Gasteiger partial charge is 0.452 e. The average molecular weight is 430 g/mol. The van der Waals surface area contributed by atoms with Gasteiger partial charge in [0.2, 0.25) is 5.91 Å². The first-order valence-electron chi connectivity index (χ1n) is 10.9. The van der Waals surface area contributed by atoms with Gasteiger partial charge in [0.25, 0.3) is 5.91 Å². The molecule has 2 fully saturated rings. The Hall–Kier alpha value is -2.97. The summed E-state index contributed by atoms with van der Waals surface area (Å²) < 4.78 is 5.45. The van der Waals surface area contributed by atoms with Crippen LogP contribution in [0.15, 0.2) is 18.3 Å². The summed E-state index contributed by atoms with van der Waals surface area (Å²) in [7, 11) is 0. The lowest BCUT2D eigenvalue weighted by molar-refractivity contribution is -0.164. The molecule has 1 unspecified atom stereocenters. The SMILES string of the molecule is CC(=O)OC(C(=O)N1CCC[C@@H]1C(=O)NCc1ccc(C(=N)N)nc1)C1CCCCC1. The Kier molecular flexibility index (Phi) is 7.59. The highest BCUT2D eigenvalue weighted by molar-refractivity contribution is 5.93. The van der Waals surface area contributed by atoms with Crippen LogP contribution in [0.1, 0.15) is 63.1 Å². The lowest BCUT2D eigenvalue weighted by Gasteiger charge is -2.33. The molecule has 1 aliphatic carbocycles. The van der Waals surface area contributed by atoms with Crippen molar-refractivity contribution in [3.63, 3.8) is 0 Å². The molecule has 2 aliphatic rings. The summed E-state index contributed by atoms with van der Waals surface area (Å²) in [6, 6.07) is 2.81. The summed E-state index contributed by atoms with van der Waals surface area (Å²) in [4.78, 5) is 43.5. The predicted octanol–water partition coefficient (Wildman–Crippen LogP) is 1.48. The Bertz CT molecular complexity index is 820. The highest BCUT2D eigenvalue weighted by atomic mass is 16.5. The molecular formula is C22H31N5O4. The maximum atomic E-state index is 13.3. The van der Waals surface area contributed by atoms with Crippen molar-refractivity contribution in [3.8, 4) is 0 Å². The van der Waals surface area contributed by atoms with Gasteiger partial charge in [-0.3, -0.25) is 24.8 Å². The van der Waals surface area contributed by atoms with Crippen LogP contribution in [0.4, 0.5) is 0 Å². The zero-order valence-electron chi connectivity index (χ0n) is 17.9. The molecule has 1 aromatic heterocycles. The van der Waals surface area contributed by atoms with Gasteiger partial charge in [-0.25, -0.2) is 0 Å². The minimum absolute atomic E-state index is 0.0142. The maximum Gasteiger partial charge on any atom is 0.303 e. The van der Waals surface area contributed by atoms with E-state index in [0.29, 0.717) is 18.7 Å². The monoisotopic (exact) mass is 429 g/mol. The van der Waals surface area contributed by atoms with Crippen LogP contribution in [0.3, 0.4) is 0 Å². The van der Waals surface area contributed by atoms with Crippen LogP contribution in [-0.2, 0) is 25.7 Å². The van der Waals surface area contributed by atoms with E-state index in [-0.39, 0.29) is 30.1 Å². The molecule has 4 N–H and O–H groups in total. The Morgan fingerprint density at radius 2 is 1.97 bits per heavy atom. The van der Waals surface area contributed by atoms with Gasteiger partial charge in [-0.15, -0.1) is 0 Å². The number of nitrogens with zero attached hydrogens (tertiary/aromatic N) is 2. The van der Waals surface area contributed by atoms with E-state index >= 15 is 0 Å². The third-order valence-electron chi connectivity index (χ3n) is 6.02. The number of nitrogens with two attached hydrogens (primary N) is 1. The first kappa shape index (κ1) is 22.7. The topological polar surface area (TPSA) is 138 Å². The third kappa shape index (κ3) is 5.80. The number of esters is 1. The van der Waals surface area contributed by atoms with Gasteiger partial charge in [0.05, 0.1) is 0 Å². The van der Waals surface area contributed by atoms with E-state index in [1.54, 1.807) is 23.2 Å². The second-order valence-electron chi connectivity index (χ2n) is 8.30. The second-order valence-corrected chi connectivity index (χ2v) is 8.30. The highest BCUT2D eigenvalue weighted by Crippen LogP contribution is 2.31. The van der Waals surface area contributed by atoms with Crippen molar-refractivity contribution in [1.29, 1.82) is 5.41 Å². The molecular weight excluding hydrogens is 398 g/mol. The summed E-state index contributed by atoms with van der Waals surface area (Å²) in [5.74, 6) is -1.05. The normalized spacial score (nSPS) is 20.2. The van der Waals surface area contributed by atoms with Crippen molar-refractivity contribution >= 4 is 23.6 Å². The maximum absolute atomic E-state index is 13.3. The molecule has 3 rings (SSSR count). The zero-order valence-corrected chi connectivity index (χ0v) is 17.9. The van der Waals surface area contributed by atoms with Crippen molar-refractivity contribution in [3.05, 3.63) is 29.6 Å². The van der Waals surface area contributed by atoms with Gasteiger partial charge in [0.1, 0.15) is 17.6 Å². The van der Waals surface area contributed by atoms with Crippen molar-refractivity contribution in [2.24, 2.45) is 11.7 Å². The average Bonchev–Trinajstić information content (AvgIpc) is 3.26. The Labute approximate surface area is 182 Å². The molecule has 2 amide bonds. The number of amidine groups is 1. The first-order valence-corrected chi connectivity index (χ1v) is 10.9. The predicted molar refractivity (Wildman–Crippen MR) is 114 cm³/mol. The van der Waals surface area contributed by atoms with E-state index in [2.05, 4.69) is 10.3 Å². The van der Waals surface area contributed by atoms with E-state index in [9.17, 15) is 14.4 Å². The zero-order chi connectivity index (χ0) is 22.4. The van der Waals surface area contributed by atoms with E-state index in [1.165, 1.54) is 6.92 Å². The minimum atomic E-state index is -0.811. The van der Waals surface area contributed by atoms with Crippen LogP contribution >= 0.6 is 0 Å². The van der Waals surface area contributed by atoms with Crippen LogP contribution in [0.5, 0.6) is 0 Å². The van der Waals surface area contributed by atoms with Crippen molar-refractivity contribution < 1.29 is 19.1 Å². The number of carbonyl (C=O) groups is 3. The van der Waals surface area contributed by atoms with Crippen LogP contribution in [0, 0.1) is 11.3 Å². The molecule has 0 bridgehead atoms. The van der Waals surface area contributed by atoms with Gasteiger partial charge in [0.15, 0.2) is 6.10 Å². The molecule has 9 nitrogen and oxygen atoms in total. The Morgan fingerprint density at radius 3 is 2.58 bits per heavy atom. The molecule has 9 heteroatoms. The number of hydrogen-bond acceptors (Lipinski definition) is 6. The molecule has 1 saturated heterocycles. The van der Waals surface area contributed by atoms with Crippen LogP contribution < -0.4 is 11.1 Å². The van der Waals surface area contributed by atoms with Crippen molar-refractivity contribution in [2.45, 2.75) is 70.6 Å². The number of ether oxygens (including phenoxy) is 1. The number of pyridine rings is 1. The third-order valence-corrected chi connectivity index (χ3v) is 6.02. The number of likely N-dealkylation sites (tertiary alicyclic amines) is 1. The summed E-state index contributed by atoms with van der Waals surface area (Å²) >= 11 is 0.